The molecule has 0 fully saturated rings. The molecule has 1 N–H and O–H groups in total. The maximum atomic E-state index is 13.5. The largest absolute Gasteiger partial charge is 0.328 e. The fourth-order valence-electron chi connectivity index (χ4n) is 3.25. The molecule has 0 atom stereocenters. The van der Waals surface area contributed by atoms with Crippen LogP contribution in [0.15, 0.2) is 59.8 Å². The number of H-pyrrole nitrogens is 1. The third-order valence-corrected chi connectivity index (χ3v) is 4.62. The van der Waals surface area contributed by atoms with E-state index in [9.17, 15) is 9.18 Å². The number of aromatic nitrogens is 6. The molecule has 29 heavy (non-hydrogen) atoms. The molecule has 0 aliphatic heterocycles. The predicted octanol–water partition coefficient (Wildman–Crippen LogP) is 2.52. The van der Waals surface area contributed by atoms with Gasteiger partial charge in [-0.1, -0.05) is 12.1 Å². The number of aromatic amines is 1. The van der Waals surface area contributed by atoms with E-state index >= 15 is 0 Å². The number of nitriles is 1. The van der Waals surface area contributed by atoms with Crippen LogP contribution in [0.4, 0.5) is 4.39 Å². The van der Waals surface area contributed by atoms with Crippen molar-refractivity contribution in [3.8, 4) is 12.0 Å². The van der Waals surface area contributed by atoms with Crippen molar-refractivity contribution in [1.29, 1.82) is 5.26 Å². The number of hydrogen-bond donors (Lipinski definition) is 1. The van der Waals surface area contributed by atoms with Gasteiger partial charge in [-0.25, -0.2) is 19.2 Å². The molecule has 0 saturated carbocycles. The van der Waals surface area contributed by atoms with Gasteiger partial charge in [0.05, 0.1) is 35.4 Å². The van der Waals surface area contributed by atoms with E-state index in [0.29, 0.717) is 39.3 Å². The van der Waals surface area contributed by atoms with Gasteiger partial charge in [0.15, 0.2) is 5.65 Å². The summed E-state index contributed by atoms with van der Waals surface area (Å²) in [5.74, 6) is -0.0639. The van der Waals surface area contributed by atoms with Gasteiger partial charge in [-0.15, -0.1) is 0 Å². The second kappa shape index (κ2) is 6.38. The molecular formula is C20H12FN7O. The Morgan fingerprint density at radius 1 is 1.17 bits per heavy atom. The van der Waals surface area contributed by atoms with Crippen molar-refractivity contribution in [2.24, 2.45) is 0 Å². The van der Waals surface area contributed by atoms with Crippen LogP contribution in [0.5, 0.6) is 0 Å². The molecule has 0 unspecified atom stereocenters. The third kappa shape index (κ3) is 2.83. The molecule has 9 heteroatoms. The SMILES string of the molecule is N#Cc1ccc2ncn(-c3ncc4[nH]c(=O)n(Cc5cccc(F)c5)c4n3)c2c1. The molecule has 0 radical (unpaired) electrons. The van der Waals surface area contributed by atoms with Crippen molar-refractivity contribution >= 4 is 22.2 Å². The molecule has 2 aromatic carbocycles. The van der Waals surface area contributed by atoms with Gasteiger partial charge in [0.1, 0.15) is 17.7 Å². The van der Waals surface area contributed by atoms with E-state index in [-0.39, 0.29) is 18.1 Å². The summed E-state index contributed by atoms with van der Waals surface area (Å²) in [6, 6.07) is 13.3. The molecule has 0 saturated heterocycles. The molecular weight excluding hydrogens is 373 g/mol. The number of fused-ring (bicyclic) bond motifs is 2. The molecule has 0 spiro atoms. The van der Waals surface area contributed by atoms with Crippen LogP contribution in [0.1, 0.15) is 11.1 Å². The number of nitrogens with one attached hydrogen (secondary N) is 1. The first-order valence-corrected chi connectivity index (χ1v) is 8.70. The van der Waals surface area contributed by atoms with Crippen molar-refractivity contribution in [3.05, 3.63) is 82.4 Å². The summed E-state index contributed by atoms with van der Waals surface area (Å²) in [4.78, 5) is 28.3. The summed E-state index contributed by atoms with van der Waals surface area (Å²) in [6.07, 6.45) is 3.08. The number of imidazole rings is 2. The van der Waals surface area contributed by atoms with E-state index in [1.165, 1.54) is 22.9 Å². The van der Waals surface area contributed by atoms with Crippen molar-refractivity contribution in [1.82, 2.24) is 29.1 Å². The summed E-state index contributed by atoms with van der Waals surface area (Å²) in [7, 11) is 0. The van der Waals surface area contributed by atoms with E-state index in [2.05, 4.69) is 26.0 Å². The normalized spacial score (nSPS) is 11.2. The van der Waals surface area contributed by atoms with Crippen LogP contribution >= 0.6 is 0 Å². The van der Waals surface area contributed by atoms with Crippen LogP contribution in [0.3, 0.4) is 0 Å². The molecule has 140 valence electrons. The number of halogens is 1. The third-order valence-electron chi connectivity index (χ3n) is 4.62. The topological polar surface area (TPSA) is 105 Å². The summed E-state index contributed by atoms with van der Waals surface area (Å²) < 4.78 is 16.6. The van der Waals surface area contributed by atoms with Crippen molar-refractivity contribution in [2.45, 2.75) is 6.54 Å². The highest BCUT2D eigenvalue weighted by atomic mass is 19.1. The highest BCUT2D eigenvalue weighted by molar-refractivity contribution is 5.79. The Hall–Kier alpha value is -4.32. The molecule has 8 nitrogen and oxygen atoms in total. The Morgan fingerprint density at radius 2 is 2.07 bits per heavy atom. The standard InChI is InChI=1S/C20H12FN7O/c21-14-3-1-2-13(6-14)10-27-18-16(25-20(27)29)9-23-19(26-18)28-11-24-15-5-4-12(8-22)7-17(15)28/h1-7,9,11H,10H2,(H,25,29). The van der Waals surface area contributed by atoms with E-state index in [4.69, 9.17) is 5.26 Å². The highest BCUT2D eigenvalue weighted by Crippen LogP contribution is 2.19. The maximum absolute atomic E-state index is 13.5. The second-order valence-corrected chi connectivity index (χ2v) is 6.48. The zero-order chi connectivity index (χ0) is 20.0. The minimum atomic E-state index is -0.371. The lowest BCUT2D eigenvalue weighted by Gasteiger charge is -2.06. The number of nitrogens with zero attached hydrogens (tertiary/aromatic N) is 6. The smallest absolute Gasteiger partial charge is 0.303 e. The minimum Gasteiger partial charge on any atom is -0.303 e. The van der Waals surface area contributed by atoms with Gasteiger partial charge in [0.25, 0.3) is 0 Å². The Balaban J connectivity index is 1.66. The summed E-state index contributed by atoms with van der Waals surface area (Å²) in [5.41, 5.74) is 3.00. The van der Waals surface area contributed by atoms with E-state index in [1.807, 2.05) is 0 Å². The fraction of sp³-hybridized carbons (Fsp3) is 0.0500. The van der Waals surface area contributed by atoms with Gasteiger partial charge in [-0.05, 0) is 35.9 Å². The van der Waals surface area contributed by atoms with E-state index in [1.54, 1.807) is 41.2 Å². The average molecular weight is 385 g/mol. The van der Waals surface area contributed by atoms with E-state index < -0.39 is 0 Å². The van der Waals surface area contributed by atoms with Crippen molar-refractivity contribution < 1.29 is 4.39 Å². The molecule has 3 aromatic heterocycles. The summed E-state index contributed by atoms with van der Waals surface area (Å²) >= 11 is 0. The number of hydrogen-bond acceptors (Lipinski definition) is 5. The van der Waals surface area contributed by atoms with Gasteiger partial charge in [-0.3, -0.25) is 9.13 Å². The molecule has 5 rings (SSSR count). The number of benzene rings is 2. The number of rotatable bonds is 3. The zero-order valence-corrected chi connectivity index (χ0v) is 14.9. The molecule has 0 aliphatic rings. The maximum Gasteiger partial charge on any atom is 0.328 e. The lowest BCUT2D eigenvalue weighted by Crippen LogP contribution is -2.18. The molecule has 0 aliphatic carbocycles. The average Bonchev–Trinajstić information content (AvgIpc) is 3.28. The first-order chi connectivity index (χ1) is 14.1. The van der Waals surface area contributed by atoms with Gasteiger partial charge >= 0.3 is 5.69 Å². The molecule has 0 bridgehead atoms. The van der Waals surface area contributed by atoms with Crippen LogP contribution in [0.2, 0.25) is 0 Å². The Labute approximate surface area is 162 Å². The quantitative estimate of drug-likeness (QED) is 0.514. The lowest BCUT2D eigenvalue weighted by atomic mass is 10.2. The Bertz CT molecular complexity index is 1490. The van der Waals surface area contributed by atoms with Gasteiger partial charge < -0.3 is 4.98 Å². The Morgan fingerprint density at radius 3 is 2.90 bits per heavy atom. The van der Waals surface area contributed by atoms with Crippen LogP contribution in [-0.4, -0.2) is 29.1 Å². The Kier molecular flexibility index (Phi) is 3.70. The second-order valence-electron chi connectivity index (χ2n) is 6.48. The van der Waals surface area contributed by atoms with Crippen molar-refractivity contribution in [2.75, 3.05) is 0 Å². The van der Waals surface area contributed by atoms with Crippen LogP contribution < -0.4 is 5.69 Å². The summed E-state index contributed by atoms with van der Waals surface area (Å²) in [5, 5.41) is 9.16. The lowest BCUT2D eigenvalue weighted by molar-refractivity contribution is 0.623. The van der Waals surface area contributed by atoms with Gasteiger partial charge in [0.2, 0.25) is 5.95 Å². The zero-order valence-electron chi connectivity index (χ0n) is 14.9. The highest BCUT2D eigenvalue weighted by Gasteiger charge is 2.14. The molecule has 0 amide bonds. The van der Waals surface area contributed by atoms with Crippen molar-refractivity contribution in [3.63, 3.8) is 0 Å². The van der Waals surface area contributed by atoms with Crippen LogP contribution in [0, 0.1) is 17.1 Å². The predicted molar refractivity (Wildman–Crippen MR) is 103 cm³/mol. The van der Waals surface area contributed by atoms with Gasteiger partial charge in [0, 0.05) is 0 Å². The molecule has 3 heterocycles. The first-order valence-electron chi connectivity index (χ1n) is 8.70. The first kappa shape index (κ1) is 16.8. The van der Waals surface area contributed by atoms with Gasteiger partial charge in [-0.2, -0.15) is 10.2 Å². The fourth-order valence-corrected chi connectivity index (χ4v) is 3.25. The molecule has 5 aromatic rings. The van der Waals surface area contributed by atoms with E-state index in [0.717, 1.165) is 0 Å². The monoisotopic (exact) mass is 385 g/mol. The summed E-state index contributed by atoms with van der Waals surface area (Å²) in [6.45, 7) is 0.163. The van der Waals surface area contributed by atoms with Crippen LogP contribution in [-0.2, 0) is 6.54 Å². The van der Waals surface area contributed by atoms with Crippen LogP contribution in [0.25, 0.3) is 28.1 Å². The minimum absolute atomic E-state index is 0.163.